The number of esters is 1. The molecule has 0 saturated carbocycles. The van der Waals surface area contributed by atoms with Crippen LogP contribution in [-0.4, -0.2) is 47.4 Å². The second-order valence-corrected chi connectivity index (χ2v) is 25.6. The molecule has 6 nitrogen and oxygen atoms in total. The molecule has 0 aromatic heterocycles. The van der Waals surface area contributed by atoms with Crippen LogP contribution in [0.25, 0.3) is 0 Å². The largest absolute Gasteiger partial charge is 0.466 e. The molecule has 1 amide bonds. The summed E-state index contributed by atoms with van der Waals surface area (Å²) in [6.07, 6.45) is 89.9. The van der Waals surface area contributed by atoms with Crippen molar-refractivity contribution >= 4 is 11.9 Å². The lowest BCUT2D eigenvalue weighted by atomic mass is 10.0. The summed E-state index contributed by atoms with van der Waals surface area (Å²) in [7, 11) is 0. The smallest absolute Gasteiger partial charge is 0.305 e. The Morgan fingerprint density at radius 2 is 0.580 bits per heavy atom. The molecule has 2 unspecified atom stereocenters. The van der Waals surface area contributed by atoms with E-state index in [4.69, 9.17) is 4.74 Å². The molecule has 0 saturated heterocycles. The third-order valence-electron chi connectivity index (χ3n) is 17.5. The predicted molar refractivity (Wildman–Crippen MR) is 356 cm³/mol. The molecule has 0 aliphatic rings. The van der Waals surface area contributed by atoms with E-state index in [-0.39, 0.29) is 18.5 Å². The molecule has 0 heterocycles. The number of carbonyl (C=O) groups excluding carboxylic acids is 2. The number of amides is 1. The number of hydrogen-bond acceptors (Lipinski definition) is 5. The molecule has 0 aliphatic heterocycles. The summed E-state index contributed by atoms with van der Waals surface area (Å²) in [6.45, 7) is 4.94. The van der Waals surface area contributed by atoms with Crippen molar-refractivity contribution in [1.29, 1.82) is 0 Å². The number of unbranched alkanes of at least 4 members (excludes halogenated alkanes) is 57. The first-order valence-electron chi connectivity index (χ1n) is 37.1. The van der Waals surface area contributed by atoms with Crippen LogP contribution >= 0.6 is 0 Å². The van der Waals surface area contributed by atoms with Gasteiger partial charge >= 0.3 is 5.97 Å². The van der Waals surface area contributed by atoms with Crippen molar-refractivity contribution < 1.29 is 24.5 Å². The first-order chi connectivity index (χ1) is 40.0. The van der Waals surface area contributed by atoms with E-state index in [0.29, 0.717) is 19.4 Å². The van der Waals surface area contributed by atoms with Crippen LogP contribution in [0.4, 0.5) is 0 Å². The maximum absolute atomic E-state index is 12.5. The Labute approximate surface area is 507 Å². The highest BCUT2D eigenvalue weighted by atomic mass is 16.5. The van der Waals surface area contributed by atoms with Crippen molar-refractivity contribution in [3.8, 4) is 0 Å². The molecule has 0 spiro atoms. The van der Waals surface area contributed by atoms with Gasteiger partial charge in [-0.1, -0.05) is 372 Å². The summed E-state index contributed by atoms with van der Waals surface area (Å²) < 4.78 is 5.51. The molecule has 81 heavy (non-hydrogen) atoms. The quantitative estimate of drug-likeness (QED) is 0.0320. The molecule has 480 valence electrons. The van der Waals surface area contributed by atoms with Crippen molar-refractivity contribution in [3.05, 3.63) is 24.3 Å². The van der Waals surface area contributed by atoms with Crippen molar-refractivity contribution in [2.45, 2.75) is 431 Å². The summed E-state index contributed by atoms with van der Waals surface area (Å²) in [5.41, 5.74) is 0. The average Bonchev–Trinajstić information content (AvgIpc) is 3.47. The molecule has 0 bridgehead atoms. The SMILES string of the molecule is CCCCCCCCC/C=C\CCCCCCCCCC(=O)OCCCCCCCCCCCCCCCCCCCCCCCCCCCCCCC(=O)NC(CO)C(O)/C=C/CCCCCCCCCCCCCCCCCC. The Bertz CT molecular complexity index is 1270. The van der Waals surface area contributed by atoms with Crippen molar-refractivity contribution in [3.63, 3.8) is 0 Å². The Hall–Kier alpha value is -1.66. The minimum Gasteiger partial charge on any atom is -0.466 e. The highest BCUT2D eigenvalue weighted by Gasteiger charge is 2.18. The van der Waals surface area contributed by atoms with Gasteiger partial charge in [-0.15, -0.1) is 0 Å². The van der Waals surface area contributed by atoms with Crippen molar-refractivity contribution in [2.75, 3.05) is 13.2 Å². The van der Waals surface area contributed by atoms with Gasteiger partial charge in [-0.3, -0.25) is 9.59 Å². The predicted octanol–water partition coefficient (Wildman–Crippen LogP) is 24.1. The normalized spacial score (nSPS) is 12.6. The summed E-state index contributed by atoms with van der Waals surface area (Å²) in [6, 6.07) is -0.626. The van der Waals surface area contributed by atoms with E-state index in [1.807, 2.05) is 6.08 Å². The molecule has 0 fully saturated rings. The zero-order valence-corrected chi connectivity index (χ0v) is 55.0. The first-order valence-corrected chi connectivity index (χ1v) is 37.1. The van der Waals surface area contributed by atoms with E-state index < -0.39 is 12.1 Å². The average molecular weight is 1140 g/mol. The van der Waals surface area contributed by atoms with Gasteiger partial charge in [-0.05, 0) is 57.8 Å². The summed E-state index contributed by atoms with van der Waals surface area (Å²) in [4.78, 5) is 24.6. The van der Waals surface area contributed by atoms with Gasteiger partial charge in [0.15, 0.2) is 0 Å². The minimum atomic E-state index is -0.843. The number of ether oxygens (including phenoxy) is 1. The molecular weight excluding hydrogens is 995 g/mol. The molecule has 0 aliphatic carbocycles. The first kappa shape index (κ1) is 79.3. The van der Waals surface area contributed by atoms with E-state index in [0.717, 1.165) is 44.9 Å². The van der Waals surface area contributed by atoms with Crippen molar-refractivity contribution in [1.82, 2.24) is 5.32 Å². The molecule has 0 aromatic carbocycles. The minimum absolute atomic E-state index is 0.0164. The van der Waals surface area contributed by atoms with Gasteiger partial charge in [0, 0.05) is 12.8 Å². The number of allylic oxidation sites excluding steroid dienone is 3. The Morgan fingerprint density at radius 1 is 0.333 bits per heavy atom. The highest BCUT2D eigenvalue weighted by Crippen LogP contribution is 2.19. The topological polar surface area (TPSA) is 95.9 Å². The van der Waals surface area contributed by atoms with Crippen LogP contribution in [0.1, 0.15) is 418 Å². The van der Waals surface area contributed by atoms with Gasteiger partial charge in [0.2, 0.25) is 5.91 Å². The summed E-state index contributed by atoms with van der Waals surface area (Å²) in [5, 5.41) is 23.2. The number of aliphatic hydroxyl groups excluding tert-OH is 2. The van der Waals surface area contributed by atoms with Crippen LogP contribution < -0.4 is 5.32 Å². The van der Waals surface area contributed by atoms with Crippen LogP contribution in [-0.2, 0) is 14.3 Å². The molecule has 0 rings (SSSR count). The zero-order valence-electron chi connectivity index (χ0n) is 55.0. The van der Waals surface area contributed by atoms with Crippen LogP contribution in [0.15, 0.2) is 24.3 Å². The van der Waals surface area contributed by atoms with Gasteiger partial charge in [-0.2, -0.15) is 0 Å². The fourth-order valence-electron chi connectivity index (χ4n) is 11.8. The fraction of sp³-hybridized carbons (Fsp3) is 0.920. The summed E-state index contributed by atoms with van der Waals surface area (Å²) in [5.74, 6) is -0.0447. The third kappa shape index (κ3) is 67.3. The number of hydrogen-bond donors (Lipinski definition) is 3. The zero-order chi connectivity index (χ0) is 58.5. The highest BCUT2D eigenvalue weighted by molar-refractivity contribution is 5.76. The van der Waals surface area contributed by atoms with Gasteiger partial charge in [0.1, 0.15) is 0 Å². The molecule has 3 N–H and O–H groups in total. The monoisotopic (exact) mass is 1140 g/mol. The number of nitrogens with one attached hydrogen (secondary N) is 1. The van der Waals surface area contributed by atoms with Crippen LogP contribution in [0.5, 0.6) is 0 Å². The Morgan fingerprint density at radius 3 is 0.877 bits per heavy atom. The Kier molecular flexibility index (Phi) is 69.4. The Balaban J connectivity index is 3.35. The lowest BCUT2D eigenvalue weighted by Gasteiger charge is -2.20. The van der Waals surface area contributed by atoms with Gasteiger partial charge in [0.05, 0.1) is 25.4 Å². The van der Waals surface area contributed by atoms with E-state index in [1.165, 1.54) is 347 Å². The fourth-order valence-corrected chi connectivity index (χ4v) is 11.8. The summed E-state index contributed by atoms with van der Waals surface area (Å²) >= 11 is 0. The lowest BCUT2D eigenvalue weighted by Crippen LogP contribution is -2.45. The maximum atomic E-state index is 12.5. The van der Waals surface area contributed by atoms with E-state index in [1.54, 1.807) is 6.08 Å². The van der Waals surface area contributed by atoms with Gasteiger partial charge < -0.3 is 20.3 Å². The molecule has 6 heteroatoms. The van der Waals surface area contributed by atoms with Gasteiger partial charge in [0.25, 0.3) is 0 Å². The molecular formula is C75H145NO5. The number of rotatable bonds is 70. The number of carbonyl (C=O) groups is 2. The number of aliphatic hydroxyl groups is 2. The second kappa shape index (κ2) is 70.8. The van der Waals surface area contributed by atoms with Gasteiger partial charge in [-0.25, -0.2) is 0 Å². The second-order valence-electron chi connectivity index (χ2n) is 25.6. The molecule has 2 atom stereocenters. The third-order valence-corrected chi connectivity index (χ3v) is 17.5. The van der Waals surface area contributed by atoms with E-state index in [2.05, 4.69) is 31.3 Å². The van der Waals surface area contributed by atoms with Crippen LogP contribution in [0.2, 0.25) is 0 Å². The lowest BCUT2D eigenvalue weighted by molar-refractivity contribution is -0.143. The standard InChI is InChI=1S/C75H145NO5/c1-3-5-7-9-11-13-15-17-19-21-35-39-43-47-51-55-59-63-67-73(78)72(71-77)76-74(79)68-64-60-56-52-48-44-40-36-33-31-29-27-25-23-24-26-28-30-32-34-38-42-46-50-54-58-62-66-70-81-75(80)69-65-61-57-53-49-45-41-37-22-20-18-16-14-12-10-8-6-4-2/h20,22,63,67,72-73,77-78H,3-19,21,23-62,64-66,68-71H2,1-2H3,(H,76,79)/b22-20-,67-63+. The molecule has 0 radical (unpaired) electrons. The van der Waals surface area contributed by atoms with Crippen LogP contribution in [0.3, 0.4) is 0 Å². The van der Waals surface area contributed by atoms with E-state index in [9.17, 15) is 19.8 Å². The van der Waals surface area contributed by atoms with Crippen molar-refractivity contribution in [2.24, 2.45) is 0 Å². The van der Waals surface area contributed by atoms with E-state index >= 15 is 0 Å². The van der Waals surface area contributed by atoms with Crippen LogP contribution in [0, 0.1) is 0 Å². The maximum Gasteiger partial charge on any atom is 0.305 e. The molecule has 0 aromatic rings.